The number of rotatable bonds is 11. The van der Waals surface area contributed by atoms with Crippen molar-refractivity contribution in [1.82, 2.24) is 5.16 Å². The van der Waals surface area contributed by atoms with Crippen LogP contribution >= 0.6 is 30.8 Å². The lowest BCUT2D eigenvalue weighted by Crippen LogP contribution is -2.12. The summed E-state index contributed by atoms with van der Waals surface area (Å²) in [6.45, 7) is 4.17. The average Bonchev–Trinajstić information content (AvgIpc) is 3.22. The summed E-state index contributed by atoms with van der Waals surface area (Å²) in [6.07, 6.45) is 2.42. The first kappa shape index (κ1) is 25.5. The molecule has 0 aliphatic rings. The van der Waals surface area contributed by atoms with Gasteiger partial charge in [0.15, 0.2) is 5.76 Å². The lowest BCUT2D eigenvalue weighted by atomic mass is 10.1. The number of nitrogens with one attached hydrogen (secondary N) is 1. The molecule has 0 atom stereocenters. The predicted octanol–water partition coefficient (Wildman–Crippen LogP) is 6.99. The lowest BCUT2D eigenvalue weighted by Gasteiger charge is -2.17. The molecule has 0 fully saturated rings. The van der Waals surface area contributed by atoms with Crippen molar-refractivity contribution in [2.45, 2.75) is 32.9 Å². The van der Waals surface area contributed by atoms with Crippen LogP contribution in [0, 0.1) is 0 Å². The van der Waals surface area contributed by atoms with Crippen LogP contribution < -0.4 is 5.32 Å². The van der Waals surface area contributed by atoms with Crippen molar-refractivity contribution in [3.05, 3.63) is 69.8 Å². The van der Waals surface area contributed by atoms with Gasteiger partial charge in [-0.25, -0.2) is 0 Å². The van der Waals surface area contributed by atoms with E-state index in [2.05, 4.69) is 10.5 Å². The number of aryl methyl sites for hydroxylation is 1. The quantitative estimate of drug-likeness (QED) is 0.279. The second kappa shape index (κ2) is 11.8. The van der Waals surface area contributed by atoms with Crippen LogP contribution in [0.5, 0.6) is 0 Å². The molecule has 0 radical (unpaired) electrons. The number of amides is 1. The molecule has 1 N–H and O–H groups in total. The highest BCUT2D eigenvalue weighted by Crippen LogP contribution is 2.51. The van der Waals surface area contributed by atoms with Crippen molar-refractivity contribution in [3.8, 4) is 11.3 Å². The van der Waals surface area contributed by atoms with Gasteiger partial charge in [-0.3, -0.25) is 9.36 Å². The van der Waals surface area contributed by atoms with Crippen LogP contribution in [0.25, 0.3) is 11.3 Å². The van der Waals surface area contributed by atoms with Crippen molar-refractivity contribution in [3.63, 3.8) is 0 Å². The number of carbonyl (C=O) groups is 1. The summed E-state index contributed by atoms with van der Waals surface area (Å²) in [4.78, 5) is 12.5. The molecular weight excluding hydrogens is 486 g/mol. The molecule has 3 aromatic rings. The predicted molar refractivity (Wildman–Crippen MR) is 130 cm³/mol. The molecule has 0 aliphatic carbocycles. The number of nitrogens with zero attached hydrogens (tertiary/aromatic N) is 1. The molecule has 0 saturated carbocycles. The fourth-order valence-corrected chi connectivity index (χ4v) is 5.50. The number of aromatic nitrogens is 1. The minimum atomic E-state index is -3.18. The zero-order valence-corrected chi connectivity index (χ0v) is 20.8. The van der Waals surface area contributed by atoms with E-state index in [9.17, 15) is 9.36 Å². The fraction of sp³-hybridized carbons (Fsp3) is 0.304. The van der Waals surface area contributed by atoms with E-state index in [0.29, 0.717) is 46.7 Å². The highest BCUT2D eigenvalue weighted by atomic mass is 35.5. The third kappa shape index (κ3) is 7.42. The van der Waals surface area contributed by atoms with Gasteiger partial charge >= 0.3 is 7.60 Å². The van der Waals surface area contributed by atoms with Crippen LogP contribution in [0.2, 0.25) is 10.0 Å². The minimum absolute atomic E-state index is 0.159. The van der Waals surface area contributed by atoms with Crippen LogP contribution in [0.3, 0.4) is 0 Å². The van der Waals surface area contributed by atoms with Crippen LogP contribution in [-0.4, -0.2) is 24.3 Å². The van der Waals surface area contributed by atoms with Crippen LogP contribution in [-0.2, 0) is 31.0 Å². The van der Waals surface area contributed by atoms with Gasteiger partial charge in [0.1, 0.15) is 0 Å². The molecule has 0 aliphatic heterocycles. The van der Waals surface area contributed by atoms with Crippen molar-refractivity contribution in [2.24, 2.45) is 0 Å². The molecule has 0 unspecified atom stereocenters. The first-order valence-electron chi connectivity index (χ1n) is 10.5. The zero-order valence-electron chi connectivity index (χ0n) is 18.3. The first-order chi connectivity index (χ1) is 15.8. The van der Waals surface area contributed by atoms with Gasteiger partial charge in [-0.1, -0.05) is 40.5 Å². The summed E-state index contributed by atoms with van der Waals surface area (Å²) in [7, 11) is -3.18. The second-order valence-electron chi connectivity index (χ2n) is 7.19. The third-order valence-corrected chi connectivity index (χ3v) is 7.15. The Balaban J connectivity index is 1.58. The van der Waals surface area contributed by atoms with Crippen LogP contribution in [0.15, 0.2) is 53.2 Å². The Morgan fingerprint density at radius 3 is 2.30 bits per heavy atom. The summed E-state index contributed by atoms with van der Waals surface area (Å²) in [5, 5.41) is 7.68. The van der Waals surface area contributed by atoms with Crippen molar-refractivity contribution >= 4 is 42.4 Å². The normalized spacial score (nSPS) is 11.5. The number of hydrogen-bond acceptors (Lipinski definition) is 6. The van der Waals surface area contributed by atoms with Crippen LogP contribution in [0.1, 0.15) is 31.4 Å². The fourth-order valence-electron chi connectivity index (χ4n) is 3.27. The first-order valence-corrected chi connectivity index (χ1v) is 13.0. The van der Waals surface area contributed by atoms with Gasteiger partial charge in [-0.05, 0) is 56.2 Å². The Hall–Kier alpha value is -2.15. The van der Waals surface area contributed by atoms with E-state index in [0.717, 1.165) is 11.1 Å². The standard InChI is InChI=1S/C23H25Cl2N2O5P/c1-3-30-33(29,31-4-2)15-16-5-8-21(9-6-16)27-22(28)10-7-17-14-26-32-23(17)18-11-19(24)13-20(25)12-18/h5-6,8-9,11-14H,3-4,7,10,15H2,1-2H3,(H,27,28). The van der Waals surface area contributed by atoms with Gasteiger partial charge in [-0.15, -0.1) is 0 Å². The Kier molecular flexibility index (Phi) is 9.12. The highest BCUT2D eigenvalue weighted by Gasteiger charge is 2.24. The summed E-state index contributed by atoms with van der Waals surface area (Å²) in [6, 6.07) is 12.2. The summed E-state index contributed by atoms with van der Waals surface area (Å²) >= 11 is 12.1. The molecule has 1 amide bonds. The zero-order chi connectivity index (χ0) is 23.8. The summed E-state index contributed by atoms with van der Waals surface area (Å²) in [5.41, 5.74) is 2.92. The van der Waals surface area contributed by atoms with Crippen molar-refractivity contribution in [1.29, 1.82) is 0 Å². The van der Waals surface area contributed by atoms with Gasteiger partial charge in [-0.2, -0.15) is 0 Å². The molecule has 3 rings (SSSR count). The molecule has 1 heterocycles. The number of carbonyl (C=O) groups excluding carboxylic acids is 1. The molecule has 0 spiro atoms. The topological polar surface area (TPSA) is 90.7 Å². The molecule has 176 valence electrons. The summed E-state index contributed by atoms with van der Waals surface area (Å²) < 4.78 is 28.7. The molecular formula is C23H25Cl2N2O5P. The number of benzene rings is 2. The van der Waals surface area contributed by atoms with Crippen LogP contribution in [0.4, 0.5) is 5.69 Å². The van der Waals surface area contributed by atoms with Gasteiger partial charge in [0, 0.05) is 33.3 Å². The second-order valence-corrected chi connectivity index (χ2v) is 10.1. The van der Waals surface area contributed by atoms with E-state index in [1.807, 2.05) is 0 Å². The molecule has 33 heavy (non-hydrogen) atoms. The highest BCUT2D eigenvalue weighted by molar-refractivity contribution is 7.53. The maximum absolute atomic E-state index is 12.7. The smallest absolute Gasteiger partial charge is 0.335 e. The molecule has 2 aromatic carbocycles. The van der Waals surface area contributed by atoms with Gasteiger partial charge in [0.25, 0.3) is 0 Å². The molecule has 0 bridgehead atoms. The van der Waals surface area contributed by atoms with Gasteiger partial charge in [0.2, 0.25) is 5.91 Å². The van der Waals surface area contributed by atoms with E-state index >= 15 is 0 Å². The SMILES string of the molecule is CCOP(=O)(Cc1ccc(NC(=O)CCc2cnoc2-c2cc(Cl)cc(Cl)c2)cc1)OCC. The number of hydrogen-bond donors (Lipinski definition) is 1. The summed E-state index contributed by atoms with van der Waals surface area (Å²) in [5.74, 6) is 0.373. The van der Waals surface area contributed by atoms with Crippen molar-refractivity contribution < 1.29 is 22.9 Å². The molecule has 1 aromatic heterocycles. The maximum Gasteiger partial charge on any atom is 0.335 e. The maximum atomic E-state index is 12.7. The Labute approximate surface area is 202 Å². The minimum Gasteiger partial charge on any atom is -0.356 e. The molecule has 7 nitrogen and oxygen atoms in total. The molecule has 0 saturated heterocycles. The molecule has 10 heteroatoms. The number of halogens is 2. The third-order valence-electron chi connectivity index (χ3n) is 4.66. The largest absolute Gasteiger partial charge is 0.356 e. The van der Waals surface area contributed by atoms with E-state index in [1.54, 1.807) is 62.5 Å². The Morgan fingerprint density at radius 2 is 1.70 bits per heavy atom. The Bertz CT molecular complexity index is 1100. The van der Waals surface area contributed by atoms with Gasteiger partial charge in [0.05, 0.1) is 25.6 Å². The number of anilines is 1. The van der Waals surface area contributed by atoms with Crippen molar-refractivity contribution in [2.75, 3.05) is 18.5 Å². The lowest BCUT2D eigenvalue weighted by molar-refractivity contribution is -0.116. The van der Waals surface area contributed by atoms with E-state index in [1.165, 1.54) is 0 Å². The van der Waals surface area contributed by atoms with E-state index in [-0.39, 0.29) is 18.5 Å². The van der Waals surface area contributed by atoms with E-state index in [4.69, 9.17) is 36.8 Å². The average molecular weight is 511 g/mol. The van der Waals surface area contributed by atoms with Gasteiger partial charge < -0.3 is 18.9 Å². The van der Waals surface area contributed by atoms with E-state index < -0.39 is 7.60 Å². The Morgan fingerprint density at radius 1 is 1.06 bits per heavy atom. The monoisotopic (exact) mass is 510 g/mol.